The van der Waals surface area contributed by atoms with Gasteiger partial charge in [-0.25, -0.2) is 14.4 Å². The molecule has 0 spiro atoms. The molecule has 1 N–H and O–H groups in total. The molecule has 3 rings (SSSR count). The van der Waals surface area contributed by atoms with E-state index in [0.717, 1.165) is 32.0 Å². The van der Waals surface area contributed by atoms with E-state index in [-0.39, 0.29) is 17.7 Å². The van der Waals surface area contributed by atoms with Gasteiger partial charge in [0.2, 0.25) is 0 Å². The SMILES string of the molecule is CCNC(=NCC(C)Oc1ccccc1F)N1CCC(C)C(n2ccnc2)C1. The summed E-state index contributed by atoms with van der Waals surface area (Å²) in [5, 5.41) is 3.39. The Morgan fingerprint density at radius 2 is 2.25 bits per heavy atom. The minimum Gasteiger partial charge on any atom is -0.486 e. The average Bonchev–Trinajstić information content (AvgIpc) is 3.22. The molecule has 0 bridgehead atoms. The van der Waals surface area contributed by atoms with Crippen LogP contribution >= 0.6 is 0 Å². The van der Waals surface area contributed by atoms with Crippen LogP contribution in [0.5, 0.6) is 5.75 Å². The van der Waals surface area contributed by atoms with Crippen LogP contribution in [0.1, 0.15) is 33.2 Å². The molecule has 0 saturated carbocycles. The fourth-order valence-electron chi connectivity index (χ4n) is 3.53. The quantitative estimate of drug-likeness (QED) is 0.610. The van der Waals surface area contributed by atoms with Crippen molar-refractivity contribution >= 4 is 5.96 Å². The van der Waals surface area contributed by atoms with Gasteiger partial charge in [-0.3, -0.25) is 0 Å². The molecule has 1 aromatic heterocycles. The summed E-state index contributed by atoms with van der Waals surface area (Å²) in [6, 6.07) is 6.83. The molecular formula is C21H30FN5O. The number of aliphatic imine (C=N–C) groups is 1. The van der Waals surface area contributed by atoms with Crippen molar-refractivity contribution in [3.63, 3.8) is 0 Å². The minimum atomic E-state index is -0.349. The first kappa shape index (κ1) is 20.2. The van der Waals surface area contributed by atoms with Crippen LogP contribution in [0.3, 0.4) is 0 Å². The van der Waals surface area contributed by atoms with Crippen LogP contribution in [-0.4, -0.2) is 52.7 Å². The zero-order valence-electron chi connectivity index (χ0n) is 16.9. The number of halogens is 1. The lowest BCUT2D eigenvalue weighted by molar-refractivity contribution is 0.187. The van der Waals surface area contributed by atoms with Crippen molar-refractivity contribution in [3.8, 4) is 5.75 Å². The van der Waals surface area contributed by atoms with E-state index in [0.29, 0.717) is 18.5 Å². The summed E-state index contributed by atoms with van der Waals surface area (Å²) in [5.74, 6) is 1.38. The second-order valence-corrected chi connectivity index (χ2v) is 7.34. The molecule has 2 aromatic rings. The number of para-hydroxylation sites is 1. The first-order chi connectivity index (χ1) is 13.6. The van der Waals surface area contributed by atoms with Crippen molar-refractivity contribution in [2.24, 2.45) is 10.9 Å². The topological polar surface area (TPSA) is 54.7 Å². The number of imidazole rings is 1. The lowest BCUT2D eigenvalue weighted by Gasteiger charge is -2.39. The zero-order chi connectivity index (χ0) is 19.9. The highest BCUT2D eigenvalue weighted by molar-refractivity contribution is 5.80. The predicted molar refractivity (Wildman–Crippen MR) is 109 cm³/mol. The van der Waals surface area contributed by atoms with E-state index in [4.69, 9.17) is 9.73 Å². The van der Waals surface area contributed by atoms with Crippen LogP contribution in [-0.2, 0) is 0 Å². The van der Waals surface area contributed by atoms with Crippen LogP contribution < -0.4 is 10.1 Å². The van der Waals surface area contributed by atoms with Gasteiger partial charge in [0, 0.05) is 32.0 Å². The molecule has 0 radical (unpaired) electrons. The van der Waals surface area contributed by atoms with Crippen LogP contribution in [0.2, 0.25) is 0 Å². The molecule has 28 heavy (non-hydrogen) atoms. The van der Waals surface area contributed by atoms with Gasteiger partial charge in [0.1, 0.15) is 6.10 Å². The smallest absolute Gasteiger partial charge is 0.194 e. The summed E-state index contributed by atoms with van der Waals surface area (Å²) in [6.07, 6.45) is 6.61. The molecule has 1 fully saturated rings. The maximum absolute atomic E-state index is 13.8. The Bertz CT molecular complexity index is 764. The molecular weight excluding hydrogens is 357 g/mol. The zero-order valence-corrected chi connectivity index (χ0v) is 16.9. The maximum atomic E-state index is 13.8. The van der Waals surface area contributed by atoms with E-state index in [1.54, 1.807) is 18.2 Å². The highest BCUT2D eigenvalue weighted by Gasteiger charge is 2.29. The van der Waals surface area contributed by atoms with Crippen molar-refractivity contribution < 1.29 is 9.13 Å². The number of rotatable bonds is 6. The van der Waals surface area contributed by atoms with Crippen LogP contribution in [0, 0.1) is 11.7 Å². The van der Waals surface area contributed by atoms with Gasteiger partial charge in [0.05, 0.1) is 18.9 Å². The first-order valence-corrected chi connectivity index (χ1v) is 10.00. The molecule has 0 amide bonds. The Morgan fingerprint density at radius 3 is 2.96 bits per heavy atom. The average molecular weight is 388 g/mol. The molecule has 3 unspecified atom stereocenters. The minimum absolute atomic E-state index is 0.223. The van der Waals surface area contributed by atoms with Crippen molar-refractivity contribution in [2.75, 3.05) is 26.2 Å². The summed E-state index contributed by atoms with van der Waals surface area (Å²) >= 11 is 0. The second kappa shape index (κ2) is 9.57. The van der Waals surface area contributed by atoms with E-state index in [2.05, 4.69) is 33.6 Å². The van der Waals surface area contributed by atoms with Gasteiger partial charge in [-0.05, 0) is 38.3 Å². The summed E-state index contributed by atoms with van der Waals surface area (Å²) in [4.78, 5) is 11.3. The third kappa shape index (κ3) is 5.03. The standard InChI is InChI=1S/C21H30FN5O/c1-4-24-21(25-13-17(3)28-20-8-6-5-7-18(20)22)26-11-9-16(2)19(14-26)27-12-10-23-15-27/h5-8,10,12,15-17,19H,4,9,11,13-14H2,1-3H3,(H,24,25). The number of piperidine rings is 1. The van der Waals surface area contributed by atoms with Crippen LogP contribution in [0.25, 0.3) is 0 Å². The number of nitrogens with zero attached hydrogens (tertiary/aromatic N) is 4. The van der Waals surface area contributed by atoms with Crippen molar-refractivity contribution in [1.29, 1.82) is 0 Å². The third-order valence-electron chi connectivity index (χ3n) is 5.12. The number of likely N-dealkylation sites (tertiary alicyclic amines) is 1. The molecule has 152 valence electrons. The molecule has 2 heterocycles. The van der Waals surface area contributed by atoms with Gasteiger partial charge in [0.15, 0.2) is 17.5 Å². The lowest BCUT2D eigenvalue weighted by Crippen LogP contribution is -2.49. The molecule has 0 aliphatic carbocycles. The number of ether oxygens (including phenoxy) is 1. The van der Waals surface area contributed by atoms with Gasteiger partial charge in [-0.1, -0.05) is 19.1 Å². The van der Waals surface area contributed by atoms with Gasteiger partial charge < -0.3 is 19.5 Å². The molecule has 3 atom stereocenters. The molecule has 1 aliphatic rings. The van der Waals surface area contributed by atoms with Crippen LogP contribution in [0.15, 0.2) is 48.0 Å². The number of benzene rings is 1. The fourth-order valence-corrected chi connectivity index (χ4v) is 3.53. The molecule has 1 aromatic carbocycles. The van der Waals surface area contributed by atoms with E-state index >= 15 is 0 Å². The van der Waals surface area contributed by atoms with E-state index in [1.165, 1.54) is 6.07 Å². The molecule has 7 heteroatoms. The number of guanidine groups is 1. The Hall–Kier alpha value is -2.57. The largest absolute Gasteiger partial charge is 0.486 e. The van der Waals surface area contributed by atoms with Crippen molar-refractivity contribution in [3.05, 3.63) is 48.8 Å². The number of hydrogen-bond donors (Lipinski definition) is 1. The lowest BCUT2D eigenvalue weighted by atomic mass is 9.93. The highest BCUT2D eigenvalue weighted by Crippen LogP contribution is 2.27. The summed E-state index contributed by atoms with van der Waals surface area (Å²) < 4.78 is 21.7. The second-order valence-electron chi connectivity index (χ2n) is 7.34. The Morgan fingerprint density at radius 1 is 1.43 bits per heavy atom. The molecule has 6 nitrogen and oxygen atoms in total. The highest BCUT2D eigenvalue weighted by atomic mass is 19.1. The first-order valence-electron chi connectivity index (χ1n) is 10.00. The predicted octanol–water partition coefficient (Wildman–Crippen LogP) is 3.34. The molecule has 1 saturated heterocycles. The Kier molecular flexibility index (Phi) is 6.90. The van der Waals surface area contributed by atoms with Gasteiger partial charge in [-0.15, -0.1) is 0 Å². The van der Waals surface area contributed by atoms with E-state index < -0.39 is 0 Å². The van der Waals surface area contributed by atoms with E-state index in [9.17, 15) is 4.39 Å². The summed E-state index contributed by atoms with van der Waals surface area (Å²) in [7, 11) is 0. The normalized spacial score (nSPS) is 21.4. The van der Waals surface area contributed by atoms with E-state index in [1.807, 2.05) is 25.6 Å². The number of aromatic nitrogens is 2. The Balaban J connectivity index is 1.65. The van der Waals surface area contributed by atoms with Crippen molar-refractivity contribution in [1.82, 2.24) is 19.8 Å². The third-order valence-corrected chi connectivity index (χ3v) is 5.12. The number of hydrogen-bond acceptors (Lipinski definition) is 3. The van der Waals surface area contributed by atoms with Crippen molar-refractivity contribution in [2.45, 2.75) is 39.3 Å². The maximum Gasteiger partial charge on any atom is 0.194 e. The monoisotopic (exact) mass is 387 g/mol. The summed E-state index contributed by atoms with van der Waals surface area (Å²) in [6.45, 7) is 9.35. The summed E-state index contributed by atoms with van der Waals surface area (Å²) in [5.41, 5.74) is 0. The fraction of sp³-hybridized carbons (Fsp3) is 0.524. The number of nitrogens with one attached hydrogen (secondary N) is 1. The van der Waals surface area contributed by atoms with Gasteiger partial charge >= 0.3 is 0 Å². The van der Waals surface area contributed by atoms with Gasteiger partial charge in [0.25, 0.3) is 0 Å². The van der Waals surface area contributed by atoms with Gasteiger partial charge in [-0.2, -0.15) is 0 Å². The molecule has 1 aliphatic heterocycles. The Labute approximate surface area is 166 Å². The van der Waals surface area contributed by atoms with Crippen LogP contribution in [0.4, 0.5) is 4.39 Å².